The molecule has 0 unspecified atom stereocenters. The predicted octanol–water partition coefficient (Wildman–Crippen LogP) is 1.65. The Kier molecular flexibility index (Phi) is 4.03. The van der Waals surface area contributed by atoms with Crippen molar-refractivity contribution in [1.82, 2.24) is 15.3 Å². The van der Waals surface area contributed by atoms with Crippen LogP contribution in [0, 0.1) is 10.1 Å². The van der Waals surface area contributed by atoms with Crippen LogP contribution < -0.4 is 5.32 Å². The molecule has 2 N–H and O–H groups in total. The number of hydrogen-bond acceptors (Lipinski definition) is 4. The minimum atomic E-state index is -0.355. The zero-order valence-electron chi connectivity index (χ0n) is 9.80. The highest BCUT2D eigenvalue weighted by Crippen LogP contribution is 2.16. The highest BCUT2D eigenvalue weighted by molar-refractivity contribution is 5.39. The fourth-order valence-corrected chi connectivity index (χ4v) is 1.71. The number of nitro benzene ring substituents is 1. The topological polar surface area (TPSA) is 83.8 Å². The van der Waals surface area contributed by atoms with Gasteiger partial charge in [0.25, 0.3) is 5.69 Å². The number of aromatic nitrogens is 2. The van der Waals surface area contributed by atoms with Gasteiger partial charge in [-0.3, -0.25) is 10.1 Å². The number of hydrogen-bond donors (Lipinski definition) is 2. The first-order chi connectivity index (χ1) is 8.77. The minimum Gasteiger partial charge on any atom is -0.348 e. The van der Waals surface area contributed by atoms with Crippen molar-refractivity contribution in [3.8, 4) is 0 Å². The second kappa shape index (κ2) is 5.92. The van der Waals surface area contributed by atoms with E-state index < -0.39 is 0 Å². The Balaban J connectivity index is 1.85. The third kappa shape index (κ3) is 3.14. The van der Waals surface area contributed by atoms with Crippen LogP contribution in [0.5, 0.6) is 0 Å². The molecule has 1 heterocycles. The van der Waals surface area contributed by atoms with E-state index in [-0.39, 0.29) is 10.6 Å². The summed E-state index contributed by atoms with van der Waals surface area (Å²) in [5.74, 6) is 0. The lowest BCUT2D eigenvalue weighted by atomic mass is 10.2. The Labute approximate surface area is 104 Å². The number of aromatic amines is 1. The standard InChI is InChI=1S/C12H14N4O2/c17-16(18)12-4-2-1-3-10(12)7-13-6-5-11-8-14-9-15-11/h1-4,8-9,13H,5-7H2,(H,14,15). The van der Waals surface area contributed by atoms with Crippen LogP contribution in [0.25, 0.3) is 0 Å². The number of benzene rings is 1. The largest absolute Gasteiger partial charge is 0.348 e. The lowest BCUT2D eigenvalue weighted by Gasteiger charge is -2.04. The summed E-state index contributed by atoms with van der Waals surface area (Å²) >= 11 is 0. The van der Waals surface area contributed by atoms with Crippen molar-refractivity contribution in [2.75, 3.05) is 6.54 Å². The lowest BCUT2D eigenvalue weighted by molar-refractivity contribution is -0.385. The second-order valence-electron chi connectivity index (χ2n) is 3.89. The lowest BCUT2D eigenvalue weighted by Crippen LogP contribution is -2.17. The zero-order valence-corrected chi connectivity index (χ0v) is 9.80. The molecule has 0 aliphatic carbocycles. The van der Waals surface area contributed by atoms with Crippen molar-refractivity contribution in [2.45, 2.75) is 13.0 Å². The average Bonchev–Trinajstić information content (AvgIpc) is 2.88. The van der Waals surface area contributed by atoms with Gasteiger partial charge in [0, 0.05) is 43.0 Å². The summed E-state index contributed by atoms with van der Waals surface area (Å²) in [5.41, 5.74) is 1.91. The number of H-pyrrole nitrogens is 1. The van der Waals surface area contributed by atoms with Gasteiger partial charge in [0.2, 0.25) is 0 Å². The Morgan fingerprint density at radius 1 is 1.39 bits per heavy atom. The van der Waals surface area contributed by atoms with Gasteiger partial charge >= 0.3 is 0 Å². The van der Waals surface area contributed by atoms with E-state index in [0.717, 1.165) is 18.7 Å². The molecule has 2 aromatic rings. The van der Waals surface area contributed by atoms with Gasteiger partial charge in [-0.15, -0.1) is 0 Å². The minimum absolute atomic E-state index is 0.159. The SMILES string of the molecule is O=[N+]([O-])c1ccccc1CNCCc1cnc[nH]1. The van der Waals surface area contributed by atoms with Crippen LogP contribution in [0.3, 0.4) is 0 Å². The van der Waals surface area contributed by atoms with Gasteiger partial charge in [-0.25, -0.2) is 4.98 Å². The Hall–Kier alpha value is -2.21. The number of para-hydroxylation sites is 1. The van der Waals surface area contributed by atoms with E-state index in [2.05, 4.69) is 15.3 Å². The third-order valence-electron chi connectivity index (χ3n) is 2.63. The molecule has 0 atom stereocenters. The highest BCUT2D eigenvalue weighted by Gasteiger charge is 2.11. The highest BCUT2D eigenvalue weighted by atomic mass is 16.6. The molecule has 0 spiro atoms. The number of nitrogens with zero attached hydrogens (tertiary/aromatic N) is 2. The number of imidazole rings is 1. The van der Waals surface area contributed by atoms with Crippen LogP contribution >= 0.6 is 0 Å². The first-order valence-corrected chi connectivity index (χ1v) is 5.67. The monoisotopic (exact) mass is 246 g/mol. The quantitative estimate of drug-likeness (QED) is 0.461. The van der Waals surface area contributed by atoms with E-state index in [1.165, 1.54) is 6.07 Å². The van der Waals surface area contributed by atoms with Gasteiger partial charge in [-0.2, -0.15) is 0 Å². The van der Waals surface area contributed by atoms with Crippen molar-refractivity contribution >= 4 is 5.69 Å². The zero-order chi connectivity index (χ0) is 12.8. The molecular weight excluding hydrogens is 232 g/mol. The van der Waals surface area contributed by atoms with Crippen LogP contribution in [0.15, 0.2) is 36.8 Å². The number of nitrogens with one attached hydrogen (secondary N) is 2. The summed E-state index contributed by atoms with van der Waals surface area (Å²) in [4.78, 5) is 17.4. The summed E-state index contributed by atoms with van der Waals surface area (Å²) < 4.78 is 0. The molecule has 94 valence electrons. The molecule has 0 amide bonds. The van der Waals surface area contributed by atoms with Gasteiger partial charge in [-0.05, 0) is 0 Å². The van der Waals surface area contributed by atoms with E-state index in [0.29, 0.717) is 12.1 Å². The van der Waals surface area contributed by atoms with E-state index in [1.54, 1.807) is 30.7 Å². The molecule has 0 aliphatic heterocycles. The molecule has 0 aliphatic rings. The van der Waals surface area contributed by atoms with Crippen molar-refractivity contribution in [3.05, 3.63) is 58.2 Å². The van der Waals surface area contributed by atoms with E-state index >= 15 is 0 Å². The van der Waals surface area contributed by atoms with Gasteiger partial charge in [0.15, 0.2) is 0 Å². The van der Waals surface area contributed by atoms with E-state index in [1.807, 2.05) is 0 Å². The van der Waals surface area contributed by atoms with E-state index in [4.69, 9.17) is 0 Å². The molecule has 0 radical (unpaired) electrons. The average molecular weight is 246 g/mol. The molecule has 0 saturated heterocycles. The third-order valence-corrected chi connectivity index (χ3v) is 2.63. The molecule has 1 aromatic carbocycles. The number of rotatable bonds is 6. The van der Waals surface area contributed by atoms with Crippen LogP contribution in [-0.2, 0) is 13.0 Å². The molecule has 6 nitrogen and oxygen atoms in total. The summed E-state index contributed by atoms with van der Waals surface area (Å²) in [7, 11) is 0. The Morgan fingerprint density at radius 3 is 2.94 bits per heavy atom. The molecule has 2 rings (SSSR count). The molecule has 0 fully saturated rings. The van der Waals surface area contributed by atoms with Crippen molar-refractivity contribution in [2.24, 2.45) is 0 Å². The van der Waals surface area contributed by atoms with Gasteiger partial charge in [0.1, 0.15) is 0 Å². The summed E-state index contributed by atoms with van der Waals surface area (Å²) in [6, 6.07) is 6.76. The van der Waals surface area contributed by atoms with Gasteiger partial charge in [-0.1, -0.05) is 18.2 Å². The molecule has 1 aromatic heterocycles. The van der Waals surface area contributed by atoms with Crippen molar-refractivity contribution in [3.63, 3.8) is 0 Å². The fourth-order valence-electron chi connectivity index (χ4n) is 1.71. The second-order valence-corrected chi connectivity index (χ2v) is 3.89. The van der Waals surface area contributed by atoms with Crippen LogP contribution in [-0.4, -0.2) is 21.4 Å². The maximum absolute atomic E-state index is 10.8. The van der Waals surface area contributed by atoms with Gasteiger partial charge < -0.3 is 10.3 Å². The van der Waals surface area contributed by atoms with Gasteiger partial charge in [0.05, 0.1) is 11.3 Å². The van der Waals surface area contributed by atoms with Crippen LogP contribution in [0.1, 0.15) is 11.3 Å². The first kappa shape index (κ1) is 12.3. The summed E-state index contributed by atoms with van der Waals surface area (Å²) in [6.45, 7) is 1.24. The van der Waals surface area contributed by atoms with Crippen LogP contribution in [0.4, 0.5) is 5.69 Å². The maximum Gasteiger partial charge on any atom is 0.273 e. The molecule has 6 heteroatoms. The molecule has 18 heavy (non-hydrogen) atoms. The van der Waals surface area contributed by atoms with Crippen LogP contribution in [0.2, 0.25) is 0 Å². The smallest absolute Gasteiger partial charge is 0.273 e. The summed E-state index contributed by atoms with van der Waals surface area (Å²) in [5, 5.41) is 14.0. The summed E-state index contributed by atoms with van der Waals surface area (Å²) in [6.07, 6.45) is 4.23. The fraction of sp³-hybridized carbons (Fsp3) is 0.250. The van der Waals surface area contributed by atoms with E-state index in [9.17, 15) is 10.1 Å². The molecular formula is C12H14N4O2. The van der Waals surface area contributed by atoms with Crippen molar-refractivity contribution < 1.29 is 4.92 Å². The first-order valence-electron chi connectivity index (χ1n) is 5.67. The molecule has 0 bridgehead atoms. The number of nitro groups is 1. The maximum atomic E-state index is 10.8. The predicted molar refractivity (Wildman–Crippen MR) is 67.1 cm³/mol. The Bertz CT molecular complexity index is 511. The van der Waals surface area contributed by atoms with Crippen molar-refractivity contribution in [1.29, 1.82) is 0 Å². The Morgan fingerprint density at radius 2 is 2.22 bits per heavy atom. The normalized spacial score (nSPS) is 10.4. The molecule has 0 saturated carbocycles.